The number of anilines is 1. The van der Waals surface area contributed by atoms with E-state index in [9.17, 15) is 4.79 Å². The van der Waals surface area contributed by atoms with Crippen molar-refractivity contribution in [3.63, 3.8) is 0 Å². The molecule has 196 valence electrons. The number of nitrogens with two attached hydrogens (primary N) is 1. The molecule has 7 nitrogen and oxygen atoms in total. The molecule has 11 heteroatoms. The molecule has 0 bridgehead atoms. The zero-order chi connectivity index (χ0) is 26.5. The lowest BCUT2D eigenvalue weighted by atomic mass is 10.0. The van der Waals surface area contributed by atoms with E-state index < -0.39 is 0 Å². The fraction of sp³-hybridized carbons (Fsp3) is 0.400. The molecule has 0 fully saturated rings. The van der Waals surface area contributed by atoms with E-state index in [0.717, 1.165) is 36.2 Å². The largest absolute Gasteiger partial charge is 0.369 e. The highest BCUT2D eigenvalue weighted by Gasteiger charge is 2.23. The van der Waals surface area contributed by atoms with Gasteiger partial charge in [0, 0.05) is 23.3 Å². The molecule has 0 radical (unpaired) electrons. The van der Waals surface area contributed by atoms with Crippen molar-refractivity contribution >= 4 is 58.4 Å². The second-order valence-corrected chi connectivity index (χ2v) is 10.1. The van der Waals surface area contributed by atoms with Crippen molar-refractivity contribution in [1.29, 1.82) is 0 Å². The van der Waals surface area contributed by atoms with Gasteiger partial charge in [-0.05, 0) is 43.1 Å². The number of nitrogens with one attached hydrogen (secondary N) is 2. The lowest BCUT2D eigenvalue weighted by Gasteiger charge is -2.16. The predicted molar refractivity (Wildman–Crippen MR) is 153 cm³/mol. The SMILES string of the molecule is CC.CCC(CCNc1ncncc1C(=O)c1cc(C(NC)c2cccc(Cl)c2)c(Cl)s1)COSN. The van der Waals surface area contributed by atoms with E-state index in [4.69, 9.17) is 32.5 Å². The third-order valence-corrected chi connectivity index (χ3v) is 7.36. The lowest BCUT2D eigenvalue weighted by molar-refractivity contribution is 0.104. The maximum atomic E-state index is 13.4. The molecule has 0 saturated heterocycles. The van der Waals surface area contributed by atoms with Crippen molar-refractivity contribution in [2.75, 3.05) is 25.5 Å². The van der Waals surface area contributed by atoms with Crippen LogP contribution in [0, 0.1) is 5.92 Å². The fourth-order valence-electron chi connectivity index (χ4n) is 3.58. The Morgan fingerprint density at radius 1 is 1.28 bits per heavy atom. The van der Waals surface area contributed by atoms with E-state index in [-0.39, 0.29) is 11.8 Å². The first-order valence-electron chi connectivity index (χ1n) is 11.8. The second kappa shape index (κ2) is 16.2. The molecular weight excluding hydrogens is 537 g/mol. The summed E-state index contributed by atoms with van der Waals surface area (Å²) in [5, 5.41) is 12.5. The molecule has 36 heavy (non-hydrogen) atoms. The molecule has 1 aromatic carbocycles. The molecule has 2 heterocycles. The number of rotatable bonds is 13. The number of hydrogen-bond donors (Lipinski definition) is 3. The zero-order valence-corrected chi connectivity index (χ0v) is 24.0. The summed E-state index contributed by atoms with van der Waals surface area (Å²) < 4.78 is 5.79. The molecule has 2 atom stereocenters. The summed E-state index contributed by atoms with van der Waals surface area (Å²) >= 11 is 14.9. The topological polar surface area (TPSA) is 102 Å². The number of nitrogens with zero attached hydrogens (tertiary/aromatic N) is 2. The van der Waals surface area contributed by atoms with E-state index >= 15 is 0 Å². The molecule has 3 rings (SSSR count). The molecule has 0 aliphatic heterocycles. The van der Waals surface area contributed by atoms with E-state index in [1.54, 1.807) is 0 Å². The van der Waals surface area contributed by atoms with E-state index in [1.165, 1.54) is 23.9 Å². The van der Waals surface area contributed by atoms with Gasteiger partial charge in [0.1, 0.15) is 12.1 Å². The Hall–Kier alpha value is -1.72. The van der Waals surface area contributed by atoms with Gasteiger partial charge in [-0.2, -0.15) is 0 Å². The third kappa shape index (κ3) is 8.41. The van der Waals surface area contributed by atoms with Gasteiger partial charge >= 0.3 is 0 Å². The Morgan fingerprint density at radius 3 is 2.72 bits per heavy atom. The number of ketones is 1. The Morgan fingerprint density at radius 2 is 2.06 bits per heavy atom. The second-order valence-electron chi connectivity index (χ2n) is 7.60. The van der Waals surface area contributed by atoms with Crippen LogP contribution in [0.1, 0.15) is 66.0 Å². The van der Waals surface area contributed by atoms with Gasteiger partial charge in [-0.15, -0.1) is 11.3 Å². The van der Waals surface area contributed by atoms with Crippen molar-refractivity contribution < 1.29 is 8.98 Å². The van der Waals surface area contributed by atoms with Gasteiger partial charge < -0.3 is 14.8 Å². The average Bonchev–Trinajstić information content (AvgIpc) is 3.28. The van der Waals surface area contributed by atoms with Crippen LogP contribution in [0.3, 0.4) is 0 Å². The highest BCUT2D eigenvalue weighted by Crippen LogP contribution is 2.37. The number of aromatic nitrogens is 2. The smallest absolute Gasteiger partial charge is 0.208 e. The minimum Gasteiger partial charge on any atom is -0.369 e. The Bertz CT molecular complexity index is 1100. The number of halogens is 2. The number of carbonyl (C=O) groups excluding carboxylic acids is 1. The van der Waals surface area contributed by atoms with Crippen LogP contribution < -0.4 is 15.8 Å². The van der Waals surface area contributed by atoms with Crippen LogP contribution in [-0.4, -0.2) is 36.0 Å². The van der Waals surface area contributed by atoms with Gasteiger partial charge in [-0.3, -0.25) is 9.93 Å². The van der Waals surface area contributed by atoms with Crippen molar-refractivity contribution in [3.05, 3.63) is 73.8 Å². The number of benzene rings is 1. The van der Waals surface area contributed by atoms with Crippen LogP contribution in [0.15, 0.2) is 42.9 Å². The Kier molecular flexibility index (Phi) is 13.7. The normalized spacial score (nSPS) is 12.4. The molecular formula is C25H33Cl2N5O2S2. The Labute approximate surface area is 231 Å². The van der Waals surface area contributed by atoms with E-state index in [0.29, 0.717) is 44.7 Å². The minimum atomic E-state index is -0.200. The maximum absolute atomic E-state index is 13.4. The summed E-state index contributed by atoms with van der Waals surface area (Å²) in [6.45, 7) is 7.32. The lowest BCUT2D eigenvalue weighted by Crippen LogP contribution is -2.17. The first kappa shape index (κ1) is 30.5. The molecule has 0 spiro atoms. The highest BCUT2D eigenvalue weighted by molar-refractivity contribution is 7.92. The molecule has 0 amide bonds. The number of carbonyl (C=O) groups is 1. The predicted octanol–water partition coefficient (Wildman–Crippen LogP) is 6.78. The van der Waals surface area contributed by atoms with Crippen LogP contribution in [0.2, 0.25) is 9.36 Å². The van der Waals surface area contributed by atoms with Crippen molar-refractivity contribution in [3.8, 4) is 0 Å². The van der Waals surface area contributed by atoms with Crippen LogP contribution in [0.25, 0.3) is 0 Å². The zero-order valence-electron chi connectivity index (χ0n) is 20.9. The summed E-state index contributed by atoms with van der Waals surface area (Å²) in [6.07, 6.45) is 4.78. The molecule has 0 aliphatic carbocycles. The first-order chi connectivity index (χ1) is 17.5. The van der Waals surface area contributed by atoms with Crippen LogP contribution in [0.4, 0.5) is 5.82 Å². The number of hydrogen-bond acceptors (Lipinski definition) is 9. The minimum absolute atomic E-state index is 0.183. The molecule has 2 unspecified atom stereocenters. The van der Waals surface area contributed by atoms with Gasteiger partial charge in [0.15, 0.2) is 0 Å². The molecule has 3 aromatic rings. The molecule has 2 aromatic heterocycles. The highest BCUT2D eigenvalue weighted by atomic mass is 35.5. The van der Waals surface area contributed by atoms with Crippen molar-refractivity contribution in [2.24, 2.45) is 11.1 Å². The molecule has 0 saturated carbocycles. The van der Waals surface area contributed by atoms with Crippen LogP contribution in [0.5, 0.6) is 0 Å². The van der Waals surface area contributed by atoms with Crippen molar-refractivity contribution in [1.82, 2.24) is 15.3 Å². The van der Waals surface area contributed by atoms with Gasteiger partial charge in [0.25, 0.3) is 0 Å². The average molecular weight is 571 g/mol. The molecule has 4 N–H and O–H groups in total. The quantitative estimate of drug-likeness (QED) is 0.117. The van der Waals surface area contributed by atoms with E-state index in [2.05, 4.69) is 27.5 Å². The van der Waals surface area contributed by atoms with Gasteiger partial charge in [0.05, 0.1) is 39.7 Å². The fourth-order valence-corrected chi connectivity index (χ4v) is 5.34. The number of thiophene rings is 1. The van der Waals surface area contributed by atoms with Crippen molar-refractivity contribution in [2.45, 2.75) is 39.7 Å². The maximum Gasteiger partial charge on any atom is 0.208 e. The summed E-state index contributed by atoms with van der Waals surface area (Å²) in [5.74, 6) is 0.667. The summed E-state index contributed by atoms with van der Waals surface area (Å²) in [7, 11) is 1.84. The standard InChI is InChI=1S/C23H27Cl2N5O2S2.C2H6/c1-3-14(12-32-34-26)7-8-29-23-18(11-28-13-30-23)21(31)19-10-17(22(25)33-19)20(27-2)15-5-4-6-16(24)9-15;1-2/h4-6,9-11,13-14,20,27H,3,7-8,12,26H2,1-2H3,(H,28,29,30);1-2H3. The van der Waals surface area contributed by atoms with Gasteiger partial charge in [-0.25, -0.2) is 9.97 Å². The first-order valence-corrected chi connectivity index (χ1v) is 14.1. The molecule has 0 aliphatic rings. The van der Waals surface area contributed by atoms with Crippen LogP contribution in [-0.2, 0) is 4.18 Å². The summed E-state index contributed by atoms with van der Waals surface area (Å²) in [5.41, 5.74) is 2.17. The Balaban J connectivity index is 0.00000222. The van der Waals surface area contributed by atoms with Gasteiger partial charge in [-0.1, -0.05) is 62.5 Å². The van der Waals surface area contributed by atoms with Gasteiger partial charge in [0.2, 0.25) is 5.78 Å². The summed E-state index contributed by atoms with van der Waals surface area (Å²) in [4.78, 5) is 22.3. The monoisotopic (exact) mass is 569 g/mol. The van der Waals surface area contributed by atoms with Crippen LogP contribution >= 0.6 is 46.8 Å². The van der Waals surface area contributed by atoms with E-state index in [1.807, 2.05) is 51.2 Å². The summed E-state index contributed by atoms with van der Waals surface area (Å²) in [6, 6.07) is 9.18. The third-order valence-electron chi connectivity index (χ3n) is 5.47.